The maximum Gasteiger partial charge on any atom is 0.237 e. The second-order valence-corrected chi connectivity index (χ2v) is 4.38. The van der Waals surface area contributed by atoms with Gasteiger partial charge in [-0.1, -0.05) is 13.8 Å². The highest BCUT2D eigenvalue weighted by molar-refractivity contribution is 5.82. The molecule has 4 nitrogen and oxygen atoms in total. The van der Waals surface area contributed by atoms with Crippen LogP contribution in [0.5, 0.6) is 0 Å². The summed E-state index contributed by atoms with van der Waals surface area (Å²) >= 11 is 0. The second kappa shape index (κ2) is 4.75. The number of nitrogens with one attached hydrogen (secondary N) is 1. The number of hydrogen-bond acceptors (Lipinski definition) is 3. The van der Waals surface area contributed by atoms with Crippen LogP contribution in [0.3, 0.4) is 0 Å². The Balaban J connectivity index is 2.40. The molecule has 0 heterocycles. The highest BCUT2D eigenvalue weighted by atomic mass is 16.3. The average molecular weight is 200 g/mol. The van der Waals surface area contributed by atoms with Gasteiger partial charge in [0.25, 0.3) is 0 Å². The fourth-order valence-corrected chi connectivity index (χ4v) is 1.69. The number of aliphatic hydroxyl groups excluding tert-OH is 1. The Morgan fingerprint density at radius 2 is 2.14 bits per heavy atom. The van der Waals surface area contributed by atoms with Crippen LogP contribution in [0.25, 0.3) is 0 Å². The molecule has 4 heteroatoms. The van der Waals surface area contributed by atoms with Gasteiger partial charge in [0.05, 0.1) is 18.2 Å². The topological polar surface area (TPSA) is 75.4 Å². The fraction of sp³-hybridized carbons (Fsp3) is 0.900. The standard InChI is InChI=1S/C10H20N2O2/c1-6(2)9(11)10(14)12-7-4-3-5-8(7)13/h6-9,13H,3-5,11H2,1-2H3,(H,12,14)/t7?,8?,9-/m0/s1. The van der Waals surface area contributed by atoms with Gasteiger partial charge in [0.1, 0.15) is 0 Å². The number of aliphatic hydroxyl groups is 1. The van der Waals surface area contributed by atoms with E-state index >= 15 is 0 Å². The van der Waals surface area contributed by atoms with Gasteiger partial charge in [-0.3, -0.25) is 4.79 Å². The lowest BCUT2D eigenvalue weighted by Gasteiger charge is -2.21. The third-order valence-corrected chi connectivity index (χ3v) is 2.83. The number of carbonyl (C=O) groups is 1. The normalized spacial score (nSPS) is 29.2. The Hall–Kier alpha value is -0.610. The van der Waals surface area contributed by atoms with Gasteiger partial charge in [-0.25, -0.2) is 0 Å². The minimum absolute atomic E-state index is 0.0905. The lowest BCUT2D eigenvalue weighted by atomic mass is 10.0. The van der Waals surface area contributed by atoms with Crippen LogP contribution in [0.1, 0.15) is 33.1 Å². The lowest BCUT2D eigenvalue weighted by Crippen LogP contribution is -2.49. The van der Waals surface area contributed by atoms with Gasteiger partial charge in [-0.2, -0.15) is 0 Å². The van der Waals surface area contributed by atoms with Crippen LogP contribution in [0, 0.1) is 5.92 Å². The molecular formula is C10H20N2O2. The molecule has 14 heavy (non-hydrogen) atoms. The summed E-state index contributed by atoms with van der Waals surface area (Å²) in [6.07, 6.45) is 2.22. The monoisotopic (exact) mass is 200 g/mol. The Labute approximate surface area is 84.9 Å². The summed E-state index contributed by atoms with van der Waals surface area (Å²) in [6, 6.07) is -0.560. The van der Waals surface area contributed by atoms with Crippen LogP contribution in [0.15, 0.2) is 0 Å². The van der Waals surface area contributed by atoms with Crippen LogP contribution < -0.4 is 11.1 Å². The summed E-state index contributed by atoms with van der Waals surface area (Å²) in [7, 11) is 0. The smallest absolute Gasteiger partial charge is 0.237 e. The molecule has 1 saturated carbocycles. The molecule has 3 atom stereocenters. The quantitative estimate of drug-likeness (QED) is 0.600. The summed E-state index contributed by atoms with van der Waals surface area (Å²) in [6.45, 7) is 3.82. The van der Waals surface area contributed by atoms with Gasteiger partial charge in [-0.15, -0.1) is 0 Å². The minimum atomic E-state index is -0.470. The van der Waals surface area contributed by atoms with Crippen molar-refractivity contribution in [3.8, 4) is 0 Å². The van der Waals surface area contributed by atoms with Crippen molar-refractivity contribution in [3.05, 3.63) is 0 Å². The lowest BCUT2D eigenvalue weighted by molar-refractivity contribution is -0.124. The van der Waals surface area contributed by atoms with Gasteiger partial charge < -0.3 is 16.2 Å². The van der Waals surface area contributed by atoms with Crippen molar-refractivity contribution < 1.29 is 9.90 Å². The Morgan fingerprint density at radius 1 is 1.50 bits per heavy atom. The van der Waals surface area contributed by atoms with Crippen LogP contribution in [-0.2, 0) is 4.79 Å². The molecule has 1 amide bonds. The van der Waals surface area contributed by atoms with E-state index in [1.807, 2.05) is 13.8 Å². The molecule has 82 valence electrons. The van der Waals surface area contributed by atoms with E-state index in [1.165, 1.54) is 0 Å². The van der Waals surface area contributed by atoms with Crippen LogP contribution >= 0.6 is 0 Å². The van der Waals surface area contributed by atoms with E-state index in [1.54, 1.807) is 0 Å². The first-order valence-corrected chi connectivity index (χ1v) is 5.26. The Bertz CT molecular complexity index is 206. The average Bonchev–Trinajstić information content (AvgIpc) is 2.50. The van der Waals surface area contributed by atoms with Gasteiger partial charge >= 0.3 is 0 Å². The predicted molar refractivity (Wildman–Crippen MR) is 54.6 cm³/mol. The molecule has 0 aromatic heterocycles. The van der Waals surface area contributed by atoms with Crippen molar-refractivity contribution in [1.82, 2.24) is 5.32 Å². The summed E-state index contributed by atoms with van der Waals surface area (Å²) in [5.74, 6) is -0.0144. The fourth-order valence-electron chi connectivity index (χ4n) is 1.69. The van der Waals surface area contributed by atoms with Crippen LogP contribution in [-0.4, -0.2) is 29.2 Å². The summed E-state index contributed by atoms with van der Waals surface area (Å²) in [5, 5.41) is 12.3. The predicted octanol–water partition coefficient (Wildman–Crippen LogP) is -0.000700. The maximum atomic E-state index is 11.5. The molecule has 0 radical (unpaired) electrons. The SMILES string of the molecule is CC(C)[C@H](N)C(=O)NC1CCCC1O. The third-order valence-electron chi connectivity index (χ3n) is 2.83. The van der Waals surface area contributed by atoms with Gasteiger partial charge in [-0.05, 0) is 25.2 Å². The number of carbonyl (C=O) groups excluding carboxylic acids is 1. The molecule has 4 N–H and O–H groups in total. The van der Waals surface area contributed by atoms with Crippen molar-refractivity contribution in [2.75, 3.05) is 0 Å². The van der Waals surface area contributed by atoms with E-state index in [4.69, 9.17) is 5.73 Å². The molecule has 0 spiro atoms. The summed E-state index contributed by atoms with van der Waals surface area (Å²) in [4.78, 5) is 11.5. The largest absolute Gasteiger partial charge is 0.391 e. The number of rotatable bonds is 3. The zero-order valence-electron chi connectivity index (χ0n) is 8.86. The molecule has 2 unspecified atom stereocenters. The van der Waals surface area contributed by atoms with E-state index in [2.05, 4.69) is 5.32 Å². The van der Waals surface area contributed by atoms with Crippen LogP contribution in [0.4, 0.5) is 0 Å². The molecule has 1 aliphatic carbocycles. The van der Waals surface area contributed by atoms with Gasteiger partial charge in [0.15, 0.2) is 0 Å². The van der Waals surface area contributed by atoms with E-state index in [0.29, 0.717) is 0 Å². The van der Waals surface area contributed by atoms with Crippen molar-refractivity contribution in [2.24, 2.45) is 11.7 Å². The van der Waals surface area contributed by atoms with E-state index in [0.717, 1.165) is 19.3 Å². The van der Waals surface area contributed by atoms with Gasteiger partial charge in [0, 0.05) is 0 Å². The molecule has 1 fully saturated rings. The molecule has 0 aliphatic heterocycles. The Kier molecular flexibility index (Phi) is 3.89. The molecule has 0 aromatic carbocycles. The molecular weight excluding hydrogens is 180 g/mol. The second-order valence-electron chi connectivity index (χ2n) is 4.38. The third kappa shape index (κ3) is 2.69. The van der Waals surface area contributed by atoms with E-state index < -0.39 is 12.1 Å². The van der Waals surface area contributed by atoms with E-state index in [9.17, 15) is 9.90 Å². The number of nitrogens with two attached hydrogens (primary N) is 1. The molecule has 0 bridgehead atoms. The summed E-state index contributed by atoms with van der Waals surface area (Å²) in [5.41, 5.74) is 5.69. The zero-order valence-corrected chi connectivity index (χ0v) is 8.86. The van der Waals surface area contributed by atoms with Crippen LogP contribution in [0.2, 0.25) is 0 Å². The highest BCUT2D eigenvalue weighted by Crippen LogP contribution is 2.18. The number of amides is 1. The molecule has 1 rings (SSSR count). The van der Waals surface area contributed by atoms with Crippen molar-refractivity contribution in [2.45, 2.75) is 51.3 Å². The van der Waals surface area contributed by atoms with Gasteiger partial charge in [0.2, 0.25) is 5.91 Å². The maximum absolute atomic E-state index is 11.5. The first kappa shape index (κ1) is 11.5. The molecule has 1 aliphatic rings. The minimum Gasteiger partial charge on any atom is -0.391 e. The first-order valence-electron chi connectivity index (χ1n) is 5.26. The van der Waals surface area contributed by atoms with Crippen molar-refractivity contribution in [3.63, 3.8) is 0 Å². The first-order chi connectivity index (χ1) is 6.52. The van der Waals surface area contributed by atoms with Crippen molar-refractivity contribution >= 4 is 5.91 Å². The van der Waals surface area contributed by atoms with Crippen molar-refractivity contribution in [1.29, 1.82) is 0 Å². The molecule has 0 saturated heterocycles. The molecule has 0 aromatic rings. The Morgan fingerprint density at radius 3 is 2.57 bits per heavy atom. The zero-order chi connectivity index (χ0) is 10.7. The highest BCUT2D eigenvalue weighted by Gasteiger charge is 2.28. The van der Waals surface area contributed by atoms with E-state index in [-0.39, 0.29) is 17.9 Å². The number of hydrogen-bond donors (Lipinski definition) is 3. The summed E-state index contributed by atoms with van der Waals surface area (Å²) < 4.78 is 0.